The molecule has 0 amide bonds. The van der Waals surface area contributed by atoms with Crippen molar-refractivity contribution in [2.75, 3.05) is 18.1 Å². The summed E-state index contributed by atoms with van der Waals surface area (Å²) < 4.78 is 0.988. The number of hydrogen-bond donors (Lipinski definition) is 1. The van der Waals surface area contributed by atoms with Gasteiger partial charge < -0.3 is 10.0 Å². The number of pyridine rings is 1. The molecule has 2 heterocycles. The van der Waals surface area contributed by atoms with E-state index in [2.05, 4.69) is 31.9 Å². The van der Waals surface area contributed by atoms with E-state index in [1.54, 1.807) is 6.20 Å². The van der Waals surface area contributed by atoms with Crippen LogP contribution in [0.5, 0.6) is 0 Å². The van der Waals surface area contributed by atoms with Gasteiger partial charge in [0, 0.05) is 17.2 Å². The quantitative estimate of drug-likeness (QED) is 0.895. The highest BCUT2D eigenvalue weighted by molar-refractivity contribution is 9.10. The lowest BCUT2D eigenvalue weighted by atomic mass is 10.0. The lowest BCUT2D eigenvalue weighted by Gasteiger charge is -2.36. The van der Waals surface area contributed by atoms with E-state index in [0.29, 0.717) is 0 Å². The third kappa shape index (κ3) is 2.49. The van der Waals surface area contributed by atoms with E-state index in [9.17, 15) is 5.11 Å². The normalized spacial score (nSPS) is 21.7. The summed E-state index contributed by atoms with van der Waals surface area (Å²) in [6, 6.07) is 2.32. The van der Waals surface area contributed by atoms with Crippen molar-refractivity contribution in [2.45, 2.75) is 25.3 Å². The topological polar surface area (TPSA) is 36.4 Å². The molecule has 1 aromatic rings. The van der Waals surface area contributed by atoms with Crippen molar-refractivity contribution in [3.63, 3.8) is 0 Å². The number of halogens is 1. The van der Waals surface area contributed by atoms with Gasteiger partial charge in [0.25, 0.3) is 0 Å². The molecular weight excluding hydrogens is 256 g/mol. The van der Waals surface area contributed by atoms with E-state index in [1.807, 2.05) is 6.20 Å². The lowest BCUT2D eigenvalue weighted by Crippen LogP contribution is -2.41. The van der Waals surface area contributed by atoms with Crippen molar-refractivity contribution in [2.24, 2.45) is 0 Å². The molecule has 0 aromatic carbocycles. The van der Waals surface area contributed by atoms with Crippen molar-refractivity contribution in [3.8, 4) is 0 Å². The average Bonchev–Trinajstić information content (AvgIpc) is 2.29. The molecular formula is C11H15BrN2O. The molecule has 0 bridgehead atoms. The average molecular weight is 271 g/mol. The fourth-order valence-electron chi connectivity index (χ4n) is 2.09. The predicted molar refractivity (Wildman–Crippen MR) is 64.0 cm³/mol. The minimum absolute atomic E-state index is 0.229. The van der Waals surface area contributed by atoms with Gasteiger partial charge in [-0.1, -0.05) is 0 Å². The number of anilines is 1. The molecule has 15 heavy (non-hydrogen) atoms. The molecule has 1 aliphatic rings. The second kappa shape index (κ2) is 4.94. The smallest absolute Gasteiger partial charge is 0.0635 e. The van der Waals surface area contributed by atoms with Crippen molar-refractivity contribution in [1.29, 1.82) is 0 Å². The lowest BCUT2D eigenvalue weighted by molar-refractivity contribution is 0.240. The minimum atomic E-state index is 0.229. The molecule has 0 aliphatic carbocycles. The second-order valence-corrected chi connectivity index (χ2v) is 4.80. The van der Waals surface area contributed by atoms with Crippen LogP contribution in [0.3, 0.4) is 0 Å². The maximum atomic E-state index is 9.32. The first-order valence-electron chi connectivity index (χ1n) is 5.29. The van der Waals surface area contributed by atoms with Gasteiger partial charge in [0.1, 0.15) is 0 Å². The third-order valence-corrected chi connectivity index (χ3v) is 3.29. The van der Waals surface area contributed by atoms with Crippen LogP contribution in [-0.4, -0.2) is 29.3 Å². The van der Waals surface area contributed by atoms with Crippen LogP contribution in [-0.2, 0) is 0 Å². The predicted octanol–water partition coefficient (Wildman–Crippen LogP) is 2.20. The van der Waals surface area contributed by atoms with Crippen molar-refractivity contribution in [1.82, 2.24) is 4.98 Å². The van der Waals surface area contributed by atoms with Crippen molar-refractivity contribution in [3.05, 3.63) is 22.9 Å². The number of aliphatic hydroxyl groups is 1. The Hall–Kier alpha value is -0.610. The molecule has 0 spiro atoms. The molecule has 1 fully saturated rings. The summed E-state index contributed by atoms with van der Waals surface area (Å²) in [5.74, 6) is 0. The van der Waals surface area contributed by atoms with Crippen LogP contribution in [0.1, 0.15) is 19.3 Å². The summed E-state index contributed by atoms with van der Waals surface area (Å²) >= 11 is 3.42. The standard InChI is InChI=1S/C11H15BrN2O/c12-9-5-11(7-13-6-9)14-4-2-1-3-10(14)8-15/h5-7,10,15H,1-4,8H2. The highest BCUT2D eigenvalue weighted by Crippen LogP contribution is 2.25. The van der Waals surface area contributed by atoms with Gasteiger partial charge >= 0.3 is 0 Å². The van der Waals surface area contributed by atoms with Crippen LogP contribution in [0, 0.1) is 0 Å². The Bertz CT molecular complexity index is 332. The van der Waals surface area contributed by atoms with Gasteiger partial charge in [-0.2, -0.15) is 0 Å². The van der Waals surface area contributed by atoms with Crippen molar-refractivity contribution >= 4 is 21.6 Å². The summed E-state index contributed by atoms with van der Waals surface area (Å²) in [5.41, 5.74) is 1.10. The minimum Gasteiger partial charge on any atom is -0.394 e. The number of piperidine rings is 1. The second-order valence-electron chi connectivity index (χ2n) is 3.89. The molecule has 0 radical (unpaired) electrons. The van der Waals surface area contributed by atoms with E-state index in [1.165, 1.54) is 12.8 Å². The Kier molecular flexibility index (Phi) is 3.59. The van der Waals surface area contributed by atoms with Crippen LogP contribution in [0.25, 0.3) is 0 Å². The van der Waals surface area contributed by atoms with Crippen LogP contribution in [0.2, 0.25) is 0 Å². The Morgan fingerprint density at radius 1 is 1.47 bits per heavy atom. The molecule has 1 unspecified atom stereocenters. The highest BCUT2D eigenvalue weighted by atomic mass is 79.9. The van der Waals surface area contributed by atoms with E-state index in [4.69, 9.17) is 0 Å². The van der Waals surface area contributed by atoms with Crippen LogP contribution in [0.15, 0.2) is 22.9 Å². The SMILES string of the molecule is OCC1CCCCN1c1cncc(Br)c1. The zero-order valence-corrected chi connectivity index (χ0v) is 10.2. The summed E-state index contributed by atoms with van der Waals surface area (Å²) in [6.45, 7) is 1.25. The molecule has 1 atom stereocenters. The first kappa shape index (κ1) is 10.9. The first-order valence-corrected chi connectivity index (χ1v) is 6.08. The van der Waals surface area contributed by atoms with Crippen LogP contribution >= 0.6 is 15.9 Å². The first-order chi connectivity index (χ1) is 7.31. The Morgan fingerprint density at radius 2 is 2.33 bits per heavy atom. The zero-order chi connectivity index (χ0) is 10.7. The van der Waals surface area contributed by atoms with E-state index >= 15 is 0 Å². The summed E-state index contributed by atoms with van der Waals surface area (Å²) in [5, 5.41) is 9.32. The molecule has 0 saturated carbocycles. The maximum Gasteiger partial charge on any atom is 0.0635 e. The van der Waals surface area contributed by atoms with E-state index in [-0.39, 0.29) is 12.6 Å². The van der Waals surface area contributed by atoms with Gasteiger partial charge in [0.05, 0.1) is 24.5 Å². The Morgan fingerprint density at radius 3 is 3.07 bits per heavy atom. The van der Waals surface area contributed by atoms with E-state index in [0.717, 1.165) is 23.1 Å². The third-order valence-electron chi connectivity index (χ3n) is 2.86. The number of rotatable bonds is 2. The highest BCUT2D eigenvalue weighted by Gasteiger charge is 2.21. The van der Waals surface area contributed by atoms with Gasteiger partial charge in [-0.3, -0.25) is 4.98 Å². The largest absolute Gasteiger partial charge is 0.394 e. The Labute approximate surface area is 98.3 Å². The number of aromatic nitrogens is 1. The van der Waals surface area contributed by atoms with Gasteiger partial charge in [0.15, 0.2) is 0 Å². The molecule has 4 heteroatoms. The number of aliphatic hydroxyl groups excluding tert-OH is 1. The van der Waals surface area contributed by atoms with E-state index < -0.39 is 0 Å². The zero-order valence-electron chi connectivity index (χ0n) is 8.56. The molecule has 1 aliphatic heterocycles. The molecule has 1 saturated heterocycles. The molecule has 82 valence electrons. The summed E-state index contributed by atoms with van der Waals surface area (Å²) in [4.78, 5) is 6.41. The summed E-state index contributed by atoms with van der Waals surface area (Å²) in [7, 11) is 0. The summed E-state index contributed by atoms with van der Waals surface area (Å²) in [6.07, 6.45) is 7.12. The van der Waals surface area contributed by atoms with Gasteiger partial charge in [-0.05, 0) is 41.3 Å². The van der Waals surface area contributed by atoms with Gasteiger partial charge in [0.2, 0.25) is 0 Å². The molecule has 1 N–H and O–H groups in total. The number of hydrogen-bond acceptors (Lipinski definition) is 3. The molecule has 3 nitrogen and oxygen atoms in total. The Balaban J connectivity index is 2.20. The fourth-order valence-corrected chi connectivity index (χ4v) is 2.44. The van der Waals surface area contributed by atoms with Gasteiger partial charge in [-0.15, -0.1) is 0 Å². The maximum absolute atomic E-state index is 9.32. The fraction of sp³-hybridized carbons (Fsp3) is 0.545. The number of nitrogens with zero attached hydrogens (tertiary/aromatic N) is 2. The van der Waals surface area contributed by atoms with Crippen LogP contribution in [0.4, 0.5) is 5.69 Å². The van der Waals surface area contributed by atoms with Crippen molar-refractivity contribution < 1.29 is 5.11 Å². The molecule has 1 aromatic heterocycles. The van der Waals surface area contributed by atoms with Crippen LogP contribution < -0.4 is 4.90 Å². The molecule has 2 rings (SSSR count). The monoisotopic (exact) mass is 270 g/mol. The van der Waals surface area contributed by atoms with Gasteiger partial charge in [-0.25, -0.2) is 0 Å².